The molecule has 0 saturated carbocycles. The molecular formula is C12H13Cl2N5O2. The Morgan fingerprint density at radius 3 is 2.43 bits per heavy atom. The maximum absolute atomic E-state index is 10.7. The Balaban J connectivity index is 2.07. The number of hydrogen-bond donors (Lipinski definition) is 1. The first-order valence-corrected chi connectivity index (χ1v) is 6.88. The van der Waals surface area contributed by atoms with Crippen molar-refractivity contribution < 1.29 is 4.92 Å². The molecule has 0 atom stereocenters. The van der Waals surface area contributed by atoms with Gasteiger partial charge in [-0.1, -0.05) is 23.2 Å². The fourth-order valence-corrected chi connectivity index (χ4v) is 2.41. The number of halogens is 2. The van der Waals surface area contributed by atoms with Crippen molar-refractivity contribution in [1.82, 2.24) is 14.8 Å². The number of benzene rings is 1. The van der Waals surface area contributed by atoms with E-state index in [9.17, 15) is 10.1 Å². The minimum Gasteiger partial charge on any atom is -0.382 e. The van der Waals surface area contributed by atoms with Crippen molar-refractivity contribution in [2.24, 2.45) is 7.05 Å². The first kappa shape index (κ1) is 15.5. The highest BCUT2D eigenvalue weighted by Crippen LogP contribution is 2.34. The summed E-state index contributed by atoms with van der Waals surface area (Å²) in [6.45, 7) is 2.40. The summed E-state index contributed by atoms with van der Waals surface area (Å²) in [4.78, 5) is 10.2. The summed E-state index contributed by atoms with van der Waals surface area (Å²) >= 11 is 12.0. The Kier molecular flexibility index (Phi) is 4.64. The van der Waals surface area contributed by atoms with E-state index in [1.807, 2.05) is 18.5 Å². The van der Waals surface area contributed by atoms with E-state index in [1.165, 1.54) is 12.1 Å². The lowest BCUT2D eigenvalue weighted by molar-refractivity contribution is -0.384. The van der Waals surface area contributed by atoms with Gasteiger partial charge in [-0.05, 0) is 6.92 Å². The monoisotopic (exact) mass is 329 g/mol. The number of nitrogens with zero attached hydrogens (tertiary/aromatic N) is 4. The Morgan fingerprint density at radius 1 is 1.33 bits per heavy atom. The average Bonchev–Trinajstić information content (AvgIpc) is 2.73. The maximum Gasteiger partial charge on any atom is 0.272 e. The molecule has 0 fully saturated rings. The molecule has 0 aliphatic rings. The molecular weight excluding hydrogens is 317 g/mol. The number of aromatic nitrogens is 3. The molecule has 0 aliphatic carbocycles. The highest BCUT2D eigenvalue weighted by molar-refractivity contribution is 6.39. The van der Waals surface area contributed by atoms with Crippen LogP contribution in [0, 0.1) is 17.0 Å². The molecule has 1 heterocycles. The highest BCUT2D eigenvalue weighted by atomic mass is 35.5. The number of non-ortho nitro benzene ring substituents is 1. The number of rotatable bonds is 5. The van der Waals surface area contributed by atoms with Gasteiger partial charge in [-0.25, -0.2) is 0 Å². The molecule has 1 N–H and O–H groups in total. The number of hydrogen-bond acceptors (Lipinski definition) is 5. The van der Waals surface area contributed by atoms with Crippen LogP contribution in [0.3, 0.4) is 0 Å². The zero-order chi connectivity index (χ0) is 15.6. The van der Waals surface area contributed by atoms with Gasteiger partial charge in [0.05, 0.1) is 20.7 Å². The van der Waals surface area contributed by atoms with Gasteiger partial charge in [-0.3, -0.25) is 10.1 Å². The Labute approximate surface area is 131 Å². The van der Waals surface area contributed by atoms with Crippen molar-refractivity contribution in [2.45, 2.75) is 13.3 Å². The zero-order valence-corrected chi connectivity index (χ0v) is 12.9. The van der Waals surface area contributed by atoms with Crippen molar-refractivity contribution >= 4 is 34.6 Å². The number of nitrogens with one attached hydrogen (secondary N) is 1. The molecule has 0 amide bonds. The molecule has 2 aromatic rings. The molecule has 0 unspecified atom stereocenters. The van der Waals surface area contributed by atoms with Gasteiger partial charge >= 0.3 is 0 Å². The topological polar surface area (TPSA) is 85.9 Å². The third-order valence-electron chi connectivity index (χ3n) is 3.07. The smallest absolute Gasteiger partial charge is 0.272 e. The van der Waals surface area contributed by atoms with Crippen molar-refractivity contribution in [1.29, 1.82) is 0 Å². The maximum atomic E-state index is 10.7. The van der Waals surface area contributed by atoms with Gasteiger partial charge in [0.25, 0.3) is 5.69 Å². The normalized spacial score (nSPS) is 10.7. The van der Waals surface area contributed by atoms with Crippen LogP contribution in [0.4, 0.5) is 11.4 Å². The Morgan fingerprint density at radius 2 is 1.95 bits per heavy atom. The molecule has 1 aromatic heterocycles. The lowest BCUT2D eigenvalue weighted by Crippen LogP contribution is -2.10. The third kappa shape index (κ3) is 3.43. The number of aryl methyl sites for hydroxylation is 1. The van der Waals surface area contributed by atoms with Crippen LogP contribution in [0.15, 0.2) is 12.1 Å². The molecule has 0 spiro atoms. The predicted molar refractivity (Wildman–Crippen MR) is 81.1 cm³/mol. The fraction of sp³-hybridized carbons (Fsp3) is 0.333. The van der Waals surface area contributed by atoms with Crippen LogP contribution in [0.1, 0.15) is 11.6 Å². The molecule has 0 bridgehead atoms. The summed E-state index contributed by atoms with van der Waals surface area (Å²) in [5, 5.41) is 22.2. The van der Waals surface area contributed by atoms with Gasteiger partial charge < -0.3 is 9.88 Å². The quantitative estimate of drug-likeness (QED) is 0.673. The van der Waals surface area contributed by atoms with Crippen LogP contribution in [-0.2, 0) is 13.5 Å². The highest BCUT2D eigenvalue weighted by Gasteiger charge is 2.14. The number of anilines is 1. The summed E-state index contributed by atoms with van der Waals surface area (Å²) in [6, 6.07) is 2.53. The predicted octanol–water partition coefficient (Wildman–Crippen LogP) is 2.99. The van der Waals surface area contributed by atoms with Crippen molar-refractivity contribution in [3.8, 4) is 0 Å². The summed E-state index contributed by atoms with van der Waals surface area (Å²) in [7, 11) is 1.89. The summed E-state index contributed by atoms with van der Waals surface area (Å²) in [6.07, 6.45) is 0.626. The molecule has 0 radical (unpaired) electrons. The second kappa shape index (κ2) is 6.28. The zero-order valence-electron chi connectivity index (χ0n) is 11.4. The van der Waals surface area contributed by atoms with E-state index in [-0.39, 0.29) is 15.7 Å². The van der Waals surface area contributed by atoms with Gasteiger partial charge in [0.2, 0.25) is 0 Å². The van der Waals surface area contributed by atoms with E-state index >= 15 is 0 Å². The largest absolute Gasteiger partial charge is 0.382 e. The van der Waals surface area contributed by atoms with Gasteiger partial charge in [0, 0.05) is 32.1 Å². The third-order valence-corrected chi connectivity index (χ3v) is 3.67. The molecule has 2 rings (SSSR count). The molecule has 7 nitrogen and oxygen atoms in total. The van der Waals surface area contributed by atoms with Crippen LogP contribution < -0.4 is 5.32 Å². The summed E-state index contributed by atoms with van der Waals surface area (Å²) in [5.41, 5.74) is 0.335. The number of nitro groups is 1. The molecule has 9 heteroatoms. The molecule has 1 aromatic carbocycles. The second-order valence-corrected chi connectivity index (χ2v) is 5.26. The van der Waals surface area contributed by atoms with Crippen LogP contribution in [0.5, 0.6) is 0 Å². The first-order valence-electron chi connectivity index (χ1n) is 6.12. The molecule has 112 valence electrons. The van der Waals surface area contributed by atoms with E-state index in [0.29, 0.717) is 18.7 Å². The first-order chi connectivity index (χ1) is 9.90. The van der Waals surface area contributed by atoms with E-state index < -0.39 is 4.92 Å². The van der Waals surface area contributed by atoms with E-state index in [4.69, 9.17) is 23.2 Å². The molecule has 21 heavy (non-hydrogen) atoms. The van der Waals surface area contributed by atoms with Crippen LogP contribution in [0.2, 0.25) is 10.0 Å². The van der Waals surface area contributed by atoms with Crippen molar-refractivity contribution in [2.75, 3.05) is 11.9 Å². The van der Waals surface area contributed by atoms with E-state index in [2.05, 4.69) is 15.5 Å². The van der Waals surface area contributed by atoms with Gasteiger partial charge in [-0.15, -0.1) is 10.2 Å². The van der Waals surface area contributed by atoms with Gasteiger partial charge in [0.1, 0.15) is 11.6 Å². The lowest BCUT2D eigenvalue weighted by Gasteiger charge is -2.10. The van der Waals surface area contributed by atoms with Gasteiger partial charge in [0.15, 0.2) is 0 Å². The van der Waals surface area contributed by atoms with Crippen LogP contribution in [-0.4, -0.2) is 26.2 Å². The minimum atomic E-state index is -0.538. The fourth-order valence-electron chi connectivity index (χ4n) is 1.80. The van der Waals surface area contributed by atoms with Crippen LogP contribution in [0.25, 0.3) is 0 Å². The second-order valence-electron chi connectivity index (χ2n) is 4.44. The SMILES string of the molecule is Cc1nnc(CCNc2c(Cl)cc([N+](=O)[O-])cc2Cl)n1C. The van der Waals surface area contributed by atoms with E-state index in [0.717, 1.165) is 11.6 Å². The lowest BCUT2D eigenvalue weighted by atomic mass is 10.2. The van der Waals surface area contributed by atoms with E-state index in [1.54, 1.807) is 0 Å². The Hall–Kier alpha value is -1.86. The number of nitro benzene ring substituents is 1. The average molecular weight is 330 g/mol. The molecule has 0 aliphatic heterocycles. The summed E-state index contributed by atoms with van der Waals surface area (Å²) in [5.74, 6) is 1.66. The van der Waals surface area contributed by atoms with Gasteiger partial charge in [-0.2, -0.15) is 0 Å². The minimum absolute atomic E-state index is 0.139. The standard InChI is InChI=1S/C12H13Cl2N5O2/c1-7-16-17-11(18(7)2)3-4-15-12-9(13)5-8(19(20)21)6-10(12)14/h5-6,15H,3-4H2,1-2H3. The Bertz CT molecular complexity index is 663. The molecule has 0 saturated heterocycles. The van der Waals surface area contributed by atoms with Crippen molar-refractivity contribution in [3.63, 3.8) is 0 Å². The van der Waals surface area contributed by atoms with Crippen LogP contribution >= 0.6 is 23.2 Å². The van der Waals surface area contributed by atoms with Crippen molar-refractivity contribution in [3.05, 3.63) is 43.9 Å². The summed E-state index contributed by atoms with van der Waals surface area (Å²) < 4.78 is 1.89.